The van der Waals surface area contributed by atoms with Crippen molar-refractivity contribution in [2.24, 2.45) is 0 Å². The van der Waals surface area contributed by atoms with Crippen LogP contribution in [0.3, 0.4) is 0 Å². The predicted molar refractivity (Wildman–Crippen MR) is 92.9 cm³/mol. The van der Waals surface area contributed by atoms with Crippen LogP contribution in [0.5, 0.6) is 0 Å². The number of hydrogen-bond acceptors (Lipinski definition) is 3. The molecule has 1 N–H and O–H groups in total. The SMILES string of the molecule is O=C(NCCCOC1CCCC1)c1ccc(Cn2ccnc2)cc1. The lowest BCUT2D eigenvalue weighted by atomic mass is 10.1. The molecule has 0 bridgehead atoms. The quantitative estimate of drug-likeness (QED) is 0.758. The maximum Gasteiger partial charge on any atom is 0.251 e. The fraction of sp³-hybridized carbons (Fsp3) is 0.474. The number of nitrogens with one attached hydrogen (secondary N) is 1. The Bertz CT molecular complexity index is 617. The molecule has 1 aliphatic carbocycles. The van der Waals surface area contributed by atoms with Crippen molar-refractivity contribution in [1.82, 2.24) is 14.9 Å². The fourth-order valence-electron chi connectivity index (χ4n) is 3.03. The Balaban J connectivity index is 1.36. The van der Waals surface area contributed by atoms with Gasteiger partial charge in [-0.05, 0) is 37.0 Å². The molecular formula is C19H25N3O2. The summed E-state index contributed by atoms with van der Waals surface area (Å²) in [6.45, 7) is 2.15. The highest BCUT2D eigenvalue weighted by atomic mass is 16.5. The summed E-state index contributed by atoms with van der Waals surface area (Å²) in [6.07, 6.45) is 11.7. The highest BCUT2D eigenvalue weighted by molar-refractivity contribution is 5.94. The van der Waals surface area contributed by atoms with E-state index < -0.39 is 0 Å². The molecule has 0 radical (unpaired) electrons. The van der Waals surface area contributed by atoms with Gasteiger partial charge < -0.3 is 14.6 Å². The largest absolute Gasteiger partial charge is 0.378 e. The van der Waals surface area contributed by atoms with Gasteiger partial charge in [0.15, 0.2) is 0 Å². The van der Waals surface area contributed by atoms with Crippen molar-refractivity contribution in [2.75, 3.05) is 13.2 Å². The predicted octanol–water partition coefficient (Wildman–Crippen LogP) is 3.01. The second kappa shape index (κ2) is 8.64. The Morgan fingerprint density at radius 1 is 1.25 bits per heavy atom. The molecule has 1 aromatic heterocycles. The minimum Gasteiger partial charge on any atom is -0.378 e. The van der Waals surface area contributed by atoms with Gasteiger partial charge in [0.25, 0.3) is 5.91 Å². The standard InChI is InChI=1S/C19H25N3O2/c23-19(21-10-3-13-24-18-4-1-2-5-18)17-8-6-16(7-9-17)14-22-12-11-20-15-22/h6-9,11-12,15,18H,1-5,10,13-14H2,(H,21,23). The Labute approximate surface area is 143 Å². The van der Waals surface area contributed by atoms with Gasteiger partial charge >= 0.3 is 0 Å². The second-order valence-corrected chi connectivity index (χ2v) is 6.32. The summed E-state index contributed by atoms with van der Waals surface area (Å²) < 4.78 is 7.80. The molecule has 5 nitrogen and oxygen atoms in total. The zero-order valence-electron chi connectivity index (χ0n) is 14.0. The molecule has 5 heteroatoms. The van der Waals surface area contributed by atoms with E-state index in [4.69, 9.17) is 4.74 Å². The first-order valence-corrected chi connectivity index (χ1v) is 8.76. The van der Waals surface area contributed by atoms with Gasteiger partial charge in [0.2, 0.25) is 0 Å². The van der Waals surface area contributed by atoms with Gasteiger partial charge in [0.05, 0.1) is 12.4 Å². The summed E-state index contributed by atoms with van der Waals surface area (Å²) in [7, 11) is 0. The van der Waals surface area contributed by atoms with Gasteiger partial charge in [-0.15, -0.1) is 0 Å². The minimum absolute atomic E-state index is 0.0231. The summed E-state index contributed by atoms with van der Waals surface area (Å²) in [5.74, 6) is -0.0231. The number of imidazole rings is 1. The van der Waals surface area contributed by atoms with E-state index in [1.165, 1.54) is 25.7 Å². The molecule has 0 unspecified atom stereocenters. The summed E-state index contributed by atoms with van der Waals surface area (Å²) in [5.41, 5.74) is 1.84. The number of carbonyl (C=O) groups is 1. The number of aromatic nitrogens is 2. The van der Waals surface area contributed by atoms with Crippen molar-refractivity contribution in [3.05, 3.63) is 54.1 Å². The van der Waals surface area contributed by atoms with Gasteiger partial charge in [-0.25, -0.2) is 4.98 Å². The monoisotopic (exact) mass is 327 g/mol. The van der Waals surface area contributed by atoms with E-state index in [1.54, 1.807) is 12.5 Å². The average Bonchev–Trinajstić information content (AvgIpc) is 3.29. The van der Waals surface area contributed by atoms with E-state index in [0.29, 0.717) is 18.2 Å². The van der Waals surface area contributed by atoms with E-state index in [1.807, 2.05) is 35.0 Å². The maximum atomic E-state index is 12.1. The summed E-state index contributed by atoms with van der Waals surface area (Å²) in [4.78, 5) is 16.2. The highest BCUT2D eigenvalue weighted by Gasteiger charge is 2.14. The third-order valence-corrected chi connectivity index (χ3v) is 4.40. The normalized spacial score (nSPS) is 14.8. The van der Waals surface area contributed by atoms with Gasteiger partial charge in [-0.2, -0.15) is 0 Å². The van der Waals surface area contributed by atoms with Crippen molar-refractivity contribution >= 4 is 5.91 Å². The molecule has 0 spiro atoms. The van der Waals surface area contributed by atoms with Crippen molar-refractivity contribution in [3.63, 3.8) is 0 Å². The third kappa shape index (κ3) is 4.93. The number of amides is 1. The minimum atomic E-state index is -0.0231. The number of hydrogen-bond donors (Lipinski definition) is 1. The molecule has 1 amide bonds. The molecule has 24 heavy (non-hydrogen) atoms. The van der Waals surface area contributed by atoms with Crippen LogP contribution in [0.25, 0.3) is 0 Å². The molecule has 1 aliphatic rings. The number of rotatable bonds is 8. The van der Waals surface area contributed by atoms with Gasteiger partial charge in [-0.1, -0.05) is 25.0 Å². The number of ether oxygens (including phenoxy) is 1. The van der Waals surface area contributed by atoms with Crippen LogP contribution in [0.4, 0.5) is 0 Å². The molecule has 1 fully saturated rings. The Kier molecular flexibility index (Phi) is 6.01. The van der Waals surface area contributed by atoms with Crippen LogP contribution in [-0.4, -0.2) is 34.7 Å². The van der Waals surface area contributed by atoms with E-state index in [2.05, 4.69) is 10.3 Å². The van der Waals surface area contributed by atoms with Crippen LogP contribution in [0.2, 0.25) is 0 Å². The van der Waals surface area contributed by atoms with Crippen molar-refractivity contribution in [2.45, 2.75) is 44.8 Å². The first-order valence-electron chi connectivity index (χ1n) is 8.76. The van der Waals surface area contributed by atoms with E-state index in [9.17, 15) is 4.79 Å². The highest BCUT2D eigenvalue weighted by Crippen LogP contribution is 2.20. The van der Waals surface area contributed by atoms with Crippen LogP contribution in [0, 0.1) is 0 Å². The first-order chi connectivity index (χ1) is 11.8. The lowest BCUT2D eigenvalue weighted by molar-refractivity contribution is 0.0565. The van der Waals surface area contributed by atoms with E-state index in [0.717, 1.165) is 25.1 Å². The molecular weight excluding hydrogens is 302 g/mol. The zero-order valence-corrected chi connectivity index (χ0v) is 14.0. The number of nitrogens with zero attached hydrogens (tertiary/aromatic N) is 2. The second-order valence-electron chi connectivity index (χ2n) is 6.32. The van der Waals surface area contributed by atoms with Crippen LogP contribution in [-0.2, 0) is 11.3 Å². The zero-order chi connectivity index (χ0) is 16.6. The van der Waals surface area contributed by atoms with Crippen LogP contribution in [0.15, 0.2) is 43.0 Å². The Hall–Kier alpha value is -2.14. The first kappa shape index (κ1) is 16.7. The van der Waals surface area contributed by atoms with E-state index in [-0.39, 0.29) is 5.91 Å². The third-order valence-electron chi connectivity index (χ3n) is 4.40. The van der Waals surface area contributed by atoms with Crippen LogP contribution in [0.1, 0.15) is 48.0 Å². The van der Waals surface area contributed by atoms with Crippen LogP contribution >= 0.6 is 0 Å². The molecule has 1 heterocycles. The molecule has 2 aromatic rings. The average molecular weight is 327 g/mol. The Morgan fingerprint density at radius 2 is 2.04 bits per heavy atom. The molecule has 1 aromatic carbocycles. The summed E-state index contributed by atoms with van der Waals surface area (Å²) in [6, 6.07) is 7.71. The van der Waals surface area contributed by atoms with Crippen molar-refractivity contribution < 1.29 is 9.53 Å². The van der Waals surface area contributed by atoms with Gasteiger partial charge in [0.1, 0.15) is 0 Å². The molecule has 0 saturated heterocycles. The summed E-state index contributed by atoms with van der Waals surface area (Å²) in [5, 5.41) is 2.96. The molecule has 1 saturated carbocycles. The maximum absolute atomic E-state index is 12.1. The molecule has 0 aliphatic heterocycles. The molecule has 0 atom stereocenters. The summed E-state index contributed by atoms with van der Waals surface area (Å²) >= 11 is 0. The lowest BCUT2D eigenvalue weighted by Gasteiger charge is -2.11. The smallest absolute Gasteiger partial charge is 0.251 e. The molecule has 128 valence electrons. The number of benzene rings is 1. The fourth-order valence-corrected chi connectivity index (χ4v) is 3.03. The van der Waals surface area contributed by atoms with Gasteiger partial charge in [-0.3, -0.25) is 4.79 Å². The van der Waals surface area contributed by atoms with E-state index >= 15 is 0 Å². The molecule has 3 rings (SSSR count). The topological polar surface area (TPSA) is 56.1 Å². The lowest BCUT2D eigenvalue weighted by Crippen LogP contribution is -2.25. The van der Waals surface area contributed by atoms with Gasteiger partial charge in [0, 0.05) is 37.7 Å². The number of carbonyl (C=O) groups excluding carboxylic acids is 1. The van der Waals surface area contributed by atoms with Crippen molar-refractivity contribution in [1.29, 1.82) is 0 Å². The van der Waals surface area contributed by atoms with Crippen molar-refractivity contribution in [3.8, 4) is 0 Å². The Morgan fingerprint density at radius 3 is 2.75 bits per heavy atom. The van der Waals surface area contributed by atoms with Crippen LogP contribution < -0.4 is 5.32 Å².